The van der Waals surface area contributed by atoms with Gasteiger partial charge in [0.2, 0.25) is 5.75 Å². The van der Waals surface area contributed by atoms with Crippen LogP contribution in [0, 0.1) is 0 Å². The molecule has 9 nitrogen and oxygen atoms in total. The van der Waals surface area contributed by atoms with E-state index in [1.54, 1.807) is 31.4 Å². The van der Waals surface area contributed by atoms with E-state index in [2.05, 4.69) is 0 Å². The lowest BCUT2D eigenvalue weighted by atomic mass is 9.88. The first-order valence-corrected chi connectivity index (χ1v) is 17.1. The van der Waals surface area contributed by atoms with Crippen LogP contribution in [0.5, 0.6) is 34.5 Å². The van der Waals surface area contributed by atoms with E-state index in [1.807, 2.05) is 105 Å². The highest BCUT2D eigenvalue weighted by molar-refractivity contribution is 6.07. The molecule has 1 unspecified atom stereocenters. The van der Waals surface area contributed by atoms with E-state index in [1.165, 1.54) is 21.3 Å². The van der Waals surface area contributed by atoms with Crippen LogP contribution in [-0.4, -0.2) is 46.6 Å². The molecule has 5 aromatic rings. The van der Waals surface area contributed by atoms with Gasteiger partial charge in [0.15, 0.2) is 35.1 Å². The van der Waals surface area contributed by atoms with Crippen molar-refractivity contribution < 1.29 is 42.7 Å². The van der Waals surface area contributed by atoms with Gasteiger partial charge in [-0.25, -0.2) is 0 Å². The molecule has 0 amide bonds. The zero-order chi connectivity index (χ0) is 36.9. The van der Waals surface area contributed by atoms with Crippen LogP contribution in [0.15, 0.2) is 115 Å². The summed E-state index contributed by atoms with van der Waals surface area (Å²) < 4.78 is 48.6. The Hall–Kier alpha value is -5.51. The van der Waals surface area contributed by atoms with E-state index in [0.29, 0.717) is 29.4 Å². The molecule has 0 aromatic heterocycles. The van der Waals surface area contributed by atoms with Crippen molar-refractivity contribution in [2.24, 2.45) is 0 Å². The standard InChI is InChI=1S/C43H46O9/c1-29(2)52-42-39(36(50-27-31-18-12-8-13-19-31)25-37(41(42)46-4)51-28-32-20-14-9-15-21-32)40(44)38(43(47-5)48-6)33-22-23-34(45-3)35(24-33)49-26-30-16-10-7-11-17-30/h7-25,29,38,43H,26-28H2,1-6H3. The van der Waals surface area contributed by atoms with Crippen molar-refractivity contribution in [3.05, 3.63) is 143 Å². The summed E-state index contributed by atoms with van der Waals surface area (Å²) in [7, 11) is 6.06. The second-order valence-corrected chi connectivity index (χ2v) is 12.2. The van der Waals surface area contributed by atoms with Crippen LogP contribution in [-0.2, 0) is 29.3 Å². The largest absolute Gasteiger partial charge is 0.493 e. The fraction of sp³-hybridized carbons (Fsp3) is 0.279. The highest BCUT2D eigenvalue weighted by Gasteiger charge is 2.38. The van der Waals surface area contributed by atoms with Crippen molar-refractivity contribution in [3.63, 3.8) is 0 Å². The van der Waals surface area contributed by atoms with Crippen molar-refractivity contribution in [3.8, 4) is 34.5 Å². The molecule has 52 heavy (non-hydrogen) atoms. The maximum atomic E-state index is 15.3. The zero-order valence-electron chi connectivity index (χ0n) is 30.5. The third-order valence-corrected chi connectivity index (χ3v) is 8.25. The van der Waals surface area contributed by atoms with Gasteiger partial charge in [-0.05, 0) is 48.2 Å². The molecule has 5 rings (SSSR count). The van der Waals surface area contributed by atoms with E-state index < -0.39 is 12.2 Å². The van der Waals surface area contributed by atoms with E-state index >= 15 is 4.79 Å². The average Bonchev–Trinajstić information content (AvgIpc) is 3.18. The second kappa shape index (κ2) is 18.6. The number of rotatable bonds is 19. The Morgan fingerprint density at radius 1 is 0.538 bits per heavy atom. The van der Waals surface area contributed by atoms with E-state index in [-0.39, 0.29) is 47.9 Å². The SMILES string of the molecule is COc1ccc(C(C(=O)c2c(OCc3ccccc3)cc(OCc3ccccc3)c(OC)c2OC(C)C)C(OC)OC)cc1OCc1ccccc1. The molecular formula is C43H46O9. The topological polar surface area (TPSA) is 90.9 Å². The highest BCUT2D eigenvalue weighted by atomic mass is 16.7. The first kappa shape index (κ1) is 37.7. The Bertz CT molecular complexity index is 1860. The summed E-state index contributed by atoms with van der Waals surface area (Å²) >= 11 is 0. The number of ketones is 1. The smallest absolute Gasteiger partial charge is 0.204 e. The number of ether oxygens (including phenoxy) is 8. The minimum atomic E-state index is -1.01. The van der Waals surface area contributed by atoms with Gasteiger partial charge in [0.1, 0.15) is 31.1 Å². The van der Waals surface area contributed by atoms with E-state index in [0.717, 1.165) is 16.7 Å². The number of carbonyl (C=O) groups excluding carboxylic acids is 1. The van der Waals surface area contributed by atoms with Gasteiger partial charge in [0.25, 0.3) is 0 Å². The molecule has 0 aliphatic rings. The molecule has 0 saturated heterocycles. The molecule has 272 valence electrons. The second-order valence-electron chi connectivity index (χ2n) is 12.2. The van der Waals surface area contributed by atoms with Crippen molar-refractivity contribution in [1.29, 1.82) is 0 Å². The molecule has 0 aliphatic carbocycles. The maximum absolute atomic E-state index is 15.3. The summed E-state index contributed by atoms with van der Waals surface area (Å²) in [6, 6.07) is 36.3. The van der Waals surface area contributed by atoms with E-state index in [9.17, 15) is 0 Å². The Balaban J connectivity index is 1.65. The molecule has 0 N–H and O–H groups in total. The Kier molecular flexibility index (Phi) is 13.5. The van der Waals surface area contributed by atoms with Crippen LogP contribution in [0.25, 0.3) is 0 Å². The van der Waals surface area contributed by atoms with Crippen molar-refractivity contribution >= 4 is 5.78 Å². The fourth-order valence-electron chi connectivity index (χ4n) is 5.75. The van der Waals surface area contributed by atoms with Gasteiger partial charge in [0.05, 0.1) is 26.2 Å². The van der Waals surface area contributed by atoms with Gasteiger partial charge in [-0.15, -0.1) is 0 Å². The molecule has 0 radical (unpaired) electrons. The van der Waals surface area contributed by atoms with Crippen LogP contribution in [0.2, 0.25) is 0 Å². The maximum Gasteiger partial charge on any atom is 0.204 e. The highest BCUT2D eigenvalue weighted by Crippen LogP contribution is 2.49. The molecular weight excluding hydrogens is 660 g/mol. The molecule has 0 spiro atoms. The van der Waals surface area contributed by atoms with Crippen LogP contribution in [0.3, 0.4) is 0 Å². The number of hydrogen-bond donors (Lipinski definition) is 0. The van der Waals surface area contributed by atoms with Gasteiger partial charge < -0.3 is 37.9 Å². The monoisotopic (exact) mass is 706 g/mol. The Morgan fingerprint density at radius 2 is 1.04 bits per heavy atom. The van der Waals surface area contributed by atoms with E-state index in [4.69, 9.17) is 37.9 Å². The molecule has 1 atom stereocenters. The normalized spacial score (nSPS) is 11.6. The predicted octanol–water partition coefficient (Wildman–Crippen LogP) is 8.81. The van der Waals surface area contributed by atoms with Gasteiger partial charge in [-0.3, -0.25) is 4.79 Å². The number of benzene rings is 5. The Labute approximate surface area is 305 Å². The third-order valence-electron chi connectivity index (χ3n) is 8.25. The fourth-order valence-corrected chi connectivity index (χ4v) is 5.75. The molecule has 0 bridgehead atoms. The minimum absolute atomic E-state index is 0.153. The molecule has 9 heteroatoms. The van der Waals surface area contributed by atoms with Gasteiger partial charge in [-0.1, -0.05) is 97.1 Å². The zero-order valence-corrected chi connectivity index (χ0v) is 30.5. The lowest BCUT2D eigenvalue weighted by Crippen LogP contribution is -2.30. The van der Waals surface area contributed by atoms with Crippen molar-refractivity contribution in [2.75, 3.05) is 28.4 Å². The summed E-state index contributed by atoms with van der Waals surface area (Å²) in [5.74, 6) is 0.609. The number of hydrogen-bond acceptors (Lipinski definition) is 9. The Morgan fingerprint density at radius 3 is 1.50 bits per heavy atom. The van der Waals surface area contributed by atoms with Crippen LogP contribution >= 0.6 is 0 Å². The summed E-state index contributed by atoms with van der Waals surface area (Å²) in [6.45, 7) is 4.47. The number of carbonyl (C=O) groups is 1. The lowest BCUT2D eigenvalue weighted by molar-refractivity contribution is -0.110. The third kappa shape index (κ3) is 9.42. The quantitative estimate of drug-likeness (QED) is 0.0617. The molecule has 0 heterocycles. The number of methoxy groups -OCH3 is 4. The average molecular weight is 707 g/mol. The summed E-state index contributed by atoms with van der Waals surface area (Å²) in [6.07, 6.45) is -1.35. The lowest BCUT2D eigenvalue weighted by Gasteiger charge is -2.28. The molecule has 0 aliphatic heterocycles. The first-order valence-electron chi connectivity index (χ1n) is 17.1. The van der Waals surface area contributed by atoms with Gasteiger partial charge in [0, 0.05) is 20.3 Å². The predicted molar refractivity (Wildman–Crippen MR) is 199 cm³/mol. The van der Waals surface area contributed by atoms with Crippen LogP contribution in [0.1, 0.15) is 52.4 Å². The summed E-state index contributed by atoms with van der Waals surface area (Å²) in [4.78, 5) is 15.3. The minimum Gasteiger partial charge on any atom is -0.493 e. The summed E-state index contributed by atoms with van der Waals surface area (Å²) in [5.41, 5.74) is 3.56. The first-order chi connectivity index (χ1) is 25.4. The molecule has 5 aromatic carbocycles. The summed E-state index contributed by atoms with van der Waals surface area (Å²) in [5, 5.41) is 0. The van der Waals surface area contributed by atoms with Crippen LogP contribution < -0.4 is 28.4 Å². The van der Waals surface area contributed by atoms with Crippen molar-refractivity contribution in [2.45, 2.75) is 52.0 Å². The van der Waals surface area contributed by atoms with Crippen molar-refractivity contribution in [1.82, 2.24) is 0 Å². The molecule has 0 saturated carbocycles. The molecule has 0 fully saturated rings. The van der Waals surface area contributed by atoms with Crippen LogP contribution in [0.4, 0.5) is 0 Å². The number of Topliss-reactive ketones (excluding diaryl/α,β-unsaturated/α-hetero) is 1. The van der Waals surface area contributed by atoms with Gasteiger partial charge >= 0.3 is 0 Å². The van der Waals surface area contributed by atoms with Gasteiger partial charge in [-0.2, -0.15) is 0 Å².